The van der Waals surface area contributed by atoms with E-state index in [1.807, 2.05) is 0 Å². The molecule has 0 N–H and O–H groups in total. The molecule has 11 heavy (non-hydrogen) atoms. The van der Waals surface area contributed by atoms with Crippen molar-refractivity contribution in [3.8, 4) is 0 Å². The molecule has 1 nitrogen and oxygen atoms in total. The molecule has 2 atom stereocenters. The van der Waals surface area contributed by atoms with E-state index in [1.54, 1.807) is 0 Å². The first-order valence-corrected chi connectivity index (χ1v) is 4.72. The van der Waals surface area contributed by atoms with Gasteiger partial charge in [-0.15, -0.1) is 0 Å². The summed E-state index contributed by atoms with van der Waals surface area (Å²) in [7, 11) is 0. The zero-order valence-electron chi connectivity index (χ0n) is 8.18. The zero-order valence-corrected chi connectivity index (χ0v) is 8.18. The van der Waals surface area contributed by atoms with Gasteiger partial charge in [0.05, 0.1) is 11.7 Å². The van der Waals surface area contributed by atoms with Crippen LogP contribution in [0, 0.1) is 5.92 Å². The van der Waals surface area contributed by atoms with Crippen molar-refractivity contribution >= 4 is 0 Å². The second-order valence-corrected chi connectivity index (χ2v) is 4.29. The van der Waals surface area contributed by atoms with Crippen LogP contribution in [0.3, 0.4) is 0 Å². The van der Waals surface area contributed by atoms with Crippen LogP contribution in [0.5, 0.6) is 0 Å². The highest BCUT2D eigenvalue weighted by molar-refractivity contribution is 4.83. The smallest absolute Gasteiger partial charge is 0.0680 e. The highest BCUT2D eigenvalue weighted by atomic mass is 16.5. The molecule has 1 heteroatoms. The maximum atomic E-state index is 5.94. The minimum absolute atomic E-state index is 0.150. The molecular formula is C10H20O. The fourth-order valence-electron chi connectivity index (χ4n) is 1.74. The molecule has 1 rings (SSSR count). The van der Waals surface area contributed by atoms with Gasteiger partial charge >= 0.3 is 0 Å². The lowest BCUT2D eigenvalue weighted by molar-refractivity contribution is -0.134. The summed E-state index contributed by atoms with van der Waals surface area (Å²) in [6.07, 6.45) is 4.27. The number of hydrogen-bond acceptors (Lipinski definition) is 1. The molecule has 0 radical (unpaired) electrons. The van der Waals surface area contributed by atoms with Crippen molar-refractivity contribution in [1.29, 1.82) is 0 Å². The standard InChI is InChI=1S/C10H20O/c1-8(2)10(4)7-5-6-9(3)11-10/h8-9H,5-7H2,1-4H3. The summed E-state index contributed by atoms with van der Waals surface area (Å²) in [4.78, 5) is 0. The molecule has 1 saturated heterocycles. The maximum absolute atomic E-state index is 5.94. The van der Waals surface area contributed by atoms with Crippen molar-refractivity contribution in [2.24, 2.45) is 5.92 Å². The SMILES string of the molecule is CC1CCCC(C)(C(C)C)O1. The molecule has 1 aliphatic heterocycles. The molecule has 0 amide bonds. The van der Waals surface area contributed by atoms with E-state index in [1.165, 1.54) is 19.3 Å². The van der Waals surface area contributed by atoms with Gasteiger partial charge in [0, 0.05) is 0 Å². The van der Waals surface area contributed by atoms with E-state index in [2.05, 4.69) is 27.7 Å². The molecule has 0 aliphatic carbocycles. The lowest BCUT2D eigenvalue weighted by Crippen LogP contribution is -2.41. The molecule has 0 bridgehead atoms. The summed E-state index contributed by atoms with van der Waals surface area (Å²) in [5, 5.41) is 0. The summed E-state index contributed by atoms with van der Waals surface area (Å²) in [6, 6.07) is 0. The number of rotatable bonds is 1. The normalized spacial score (nSPS) is 39.5. The molecule has 1 aliphatic rings. The van der Waals surface area contributed by atoms with Crippen molar-refractivity contribution < 1.29 is 4.74 Å². The van der Waals surface area contributed by atoms with Gasteiger partial charge in [-0.05, 0) is 39.0 Å². The largest absolute Gasteiger partial charge is 0.372 e. The average Bonchev–Trinajstić information content (AvgIpc) is 1.86. The first-order valence-electron chi connectivity index (χ1n) is 4.72. The summed E-state index contributed by atoms with van der Waals surface area (Å²) >= 11 is 0. The maximum Gasteiger partial charge on any atom is 0.0680 e. The summed E-state index contributed by atoms with van der Waals surface area (Å²) < 4.78 is 5.94. The predicted molar refractivity (Wildman–Crippen MR) is 47.6 cm³/mol. The van der Waals surface area contributed by atoms with Gasteiger partial charge in [0.1, 0.15) is 0 Å². The zero-order chi connectivity index (χ0) is 8.48. The van der Waals surface area contributed by atoms with Gasteiger partial charge in [-0.2, -0.15) is 0 Å². The first kappa shape index (κ1) is 9.05. The van der Waals surface area contributed by atoms with Crippen LogP contribution in [-0.2, 0) is 4.74 Å². The predicted octanol–water partition coefficient (Wildman–Crippen LogP) is 2.99. The van der Waals surface area contributed by atoms with Crippen LogP contribution in [0.15, 0.2) is 0 Å². The topological polar surface area (TPSA) is 9.23 Å². The average molecular weight is 156 g/mol. The number of hydrogen-bond donors (Lipinski definition) is 0. The molecular weight excluding hydrogens is 136 g/mol. The lowest BCUT2D eigenvalue weighted by Gasteiger charge is -2.40. The first-order chi connectivity index (χ1) is 5.04. The molecule has 1 heterocycles. The summed E-state index contributed by atoms with van der Waals surface area (Å²) in [5.74, 6) is 0.644. The van der Waals surface area contributed by atoms with Gasteiger partial charge in [-0.3, -0.25) is 0 Å². The van der Waals surface area contributed by atoms with Crippen molar-refractivity contribution in [3.05, 3.63) is 0 Å². The summed E-state index contributed by atoms with van der Waals surface area (Å²) in [5.41, 5.74) is 0.150. The Bertz CT molecular complexity index is 131. The Kier molecular flexibility index (Phi) is 2.58. The van der Waals surface area contributed by atoms with E-state index < -0.39 is 0 Å². The van der Waals surface area contributed by atoms with E-state index in [-0.39, 0.29) is 5.60 Å². The molecule has 1 fully saturated rings. The third kappa shape index (κ3) is 1.96. The van der Waals surface area contributed by atoms with Crippen molar-refractivity contribution in [3.63, 3.8) is 0 Å². The minimum Gasteiger partial charge on any atom is -0.372 e. The van der Waals surface area contributed by atoms with Crippen LogP contribution in [0.2, 0.25) is 0 Å². The van der Waals surface area contributed by atoms with Crippen molar-refractivity contribution in [1.82, 2.24) is 0 Å². The minimum atomic E-state index is 0.150. The van der Waals surface area contributed by atoms with E-state index in [0.717, 1.165) is 0 Å². The Morgan fingerprint density at radius 3 is 2.45 bits per heavy atom. The van der Waals surface area contributed by atoms with Crippen LogP contribution in [0.4, 0.5) is 0 Å². The fourth-order valence-corrected chi connectivity index (χ4v) is 1.74. The lowest BCUT2D eigenvalue weighted by atomic mass is 9.84. The Morgan fingerprint density at radius 2 is 2.09 bits per heavy atom. The molecule has 2 unspecified atom stereocenters. The molecule has 0 aromatic heterocycles. The summed E-state index contributed by atoms with van der Waals surface area (Å²) in [6.45, 7) is 8.92. The van der Waals surface area contributed by atoms with Gasteiger partial charge in [0.15, 0.2) is 0 Å². The molecule has 0 spiro atoms. The Morgan fingerprint density at radius 1 is 1.45 bits per heavy atom. The second kappa shape index (κ2) is 3.14. The van der Waals surface area contributed by atoms with Gasteiger partial charge < -0.3 is 4.74 Å². The van der Waals surface area contributed by atoms with Crippen LogP contribution < -0.4 is 0 Å². The second-order valence-electron chi connectivity index (χ2n) is 4.29. The molecule has 0 aromatic rings. The van der Waals surface area contributed by atoms with Crippen LogP contribution in [-0.4, -0.2) is 11.7 Å². The van der Waals surface area contributed by atoms with Gasteiger partial charge in [-0.25, -0.2) is 0 Å². The van der Waals surface area contributed by atoms with Gasteiger partial charge in [0.2, 0.25) is 0 Å². The van der Waals surface area contributed by atoms with E-state index in [0.29, 0.717) is 12.0 Å². The molecule has 66 valence electrons. The Labute approximate surface area is 70.1 Å². The van der Waals surface area contributed by atoms with Gasteiger partial charge in [-0.1, -0.05) is 13.8 Å². The van der Waals surface area contributed by atoms with E-state index in [9.17, 15) is 0 Å². The Hall–Kier alpha value is -0.0400. The highest BCUT2D eigenvalue weighted by Gasteiger charge is 2.33. The van der Waals surface area contributed by atoms with Crippen molar-refractivity contribution in [2.45, 2.75) is 58.7 Å². The third-order valence-electron chi connectivity index (χ3n) is 2.98. The number of ether oxygens (including phenoxy) is 1. The van der Waals surface area contributed by atoms with Crippen LogP contribution in [0.25, 0.3) is 0 Å². The fraction of sp³-hybridized carbons (Fsp3) is 1.00. The third-order valence-corrected chi connectivity index (χ3v) is 2.98. The van der Waals surface area contributed by atoms with E-state index in [4.69, 9.17) is 4.74 Å². The molecule has 0 saturated carbocycles. The van der Waals surface area contributed by atoms with Crippen molar-refractivity contribution in [2.75, 3.05) is 0 Å². The van der Waals surface area contributed by atoms with Crippen LogP contribution in [0.1, 0.15) is 47.0 Å². The monoisotopic (exact) mass is 156 g/mol. The molecule has 0 aromatic carbocycles. The van der Waals surface area contributed by atoms with Crippen LogP contribution >= 0.6 is 0 Å². The highest BCUT2D eigenvalue weighted by Crippen LogP contribution is 2.33. The Balaban J connectivity index is 2.55. The van der Waals surface area contributed by atoms with Gasteiger partial charge in [0.25, 0.3) is 0 Å². The van der Waals surface area contributed by atoms with E-state index >= 15 is 0 Å². The quantitative estimate of drug-likeness (QED) is 0.567.